The first kappa shape index (κ1) is 8.78. The van der Waals surface area contributed by atoms with Crippen molar-refractivity contribution in [2.45, 2.75) is 32.7 Å². The third kappa shape index (κ3) is 2.06. The lowest BCUT2D eigenvalue weighted by Crippen LogP contribution is -2.03. The zero-order chi connectivity index (χ0) is 8.27. The zero-order valence-electron chi connectivity index (χ0n) is 6.92. The predicted octanol–water partition coefficient (Wildman–Crippen LogP) is 3.01. The summed E-state index contributed by atoms with van der Waals surface area (Å²) in [4.78, 5) is 4.11. The molecule has 0 bridgehead atoms. The van der Waals surface area contributed by atoms with Crippen molar-refractivity contribution in [3.63, 3.8) is 0 Å². The molecule has 11 heavy (non-hydrogen) atoms. The molecule has 0 fully saturated rings. The highest BCUT2D eigenvalue weighted by Gasteiger charge is 2.04. The van der Waals surface area contributed by atoms with E-state index in [4.69, 9.17) is 0 Å². The maximum absolute atomic E-state index is 4.11. The van der Waals surface area contributed by atoms with Crippen LogP contribution in [0, 0.1) is 0 Å². The number of rotatable bonds is 3. The molecule has 0 aliphatic heterocycles. The highest BCUT2D eigenvalue weighted by atomic mass is 79.9. The number of halogens is 1. The Hall–Kier alpha value is -0.310. The molecule has 0 aromatic carbocycles. The third-order valence-electron chi connectivity index (χ3n) is 1.93. The van der Waals surface area contributed by atoms with E-state index in [0.717, 1.165) is 4.60 Å². The van der Waals surface area contributed by atoms with Gasteiger partial charge in [0, 0.05) is 12.2 Å². The van der Waals surface area contributed by atoms with Crippen molar-refractivity contribution in [3.8, 4) is 0 Å². The van der Waals surface area contributed by atoms with Gasteiger partial charge in [-0.1, -0.05) is 13.8 Å². The van der Waals surface area contributed by atoms with E-state index in [1.54, 1.807) is 0 Å². The Bertz CT molecular complexity index is 216. The summed E-state index contributed by atoms with van der Waals surface area (Å²) in [6.07, 6.45) is 6.23. The fourth-order valence-corrected chi connectivity index (χ4v) is 1.55. The minimum absolute atomic E-state index is 0.605. The van der Waals surface area contributed by atoms with Crippen LogP contribution in [-0.2, 0) is 0 Å². The lowest BCUT2D eigenvalue weighted by atomic mass is 10.2. The van der Waals surface area contributed by atoms with E-state index in [9.17, 15) is 0 Å². The number of hydrogen-bond acceptors (Lipinski definition) is 1. The van der Waals surface area contributed by atoms with Crippen LogP contribution in [0.1, 0.15) is 32.7 Å². The van der Waals surface area contributed by atoms with Crippen molar-refractivity contribution in [1.82, 2.24) is 9.55 Å². The van der Waals surface area contributed by atoms with Crippen LogP contribution >= 0.6 is 15.9 Å². The number of imidazole rings is 1. The van der Waals surface area contributed by atoms with Gasteiger partial charge in [-0.2, -0.15) is 0 Å². The summed E-state index contributed by atoms with van der Waals surface area (Å²) in [6.45, 7) is 4.39. The van der Waals surface area contributed by atoms with Crippen molar-refractivity contribution >= 4 is 15.9 Å². The number of hydrogen-bond donors (Lipinski definition) is 0. The first-order valence-corrected chi connectivity index (χ1v) is 4.76. The van der Waals surface area contributed by atoms with Crippen molar-refractivity contribution in [2.75, 3.05) is 0 Å². The topological polar surface area (TPSA) is 17.8 Å². The van der Waals surface area contributed by atoms with Crippen molar-refractivity contribution in [3.05, 3.63) is 17.1 Å². The van der Waals surface area contributed by atoms with Gasteiger partial charge in [0.2, 0.25) is 0 Å². The largest absolute Gasteiger partial charge is 0.333 e. The molecule has 0 unspecified atom stereocenters. The second-order valence-electron chi connectivity index (χ2n) is 2.61. The number of aromatic nitrogens is 2. The molecule has 0 saturated carbocycles. The van der Waals surface area contributed by atoms with E-state index < -0.39 is 0 Å². The molecule has 0 atom stereocenters. The van der Waals surface area contributed by atoms with E-state index in [2.05, 4.69) is 39.3 Å². The molecule has 0 amide bonds. The fraction of sp³-hybridized carbons (Fsp3) is 0.625. The summed E-state index contributed by atoms with van der Waals surface area (Å²) >= 11 is 3.33. The SMILES string of the molecule is CCC(CC)n1cnc(Br)c1. The maximum Gasteiger partial charge on any atom is 0.124 e. The van der Waals surface area contributed by atoms with Crippen molar-refractivity contribution in [1.29, 1.82) is 0 Å². The molecule has 3 heteroatoms. The molecule has 1 heterocycles. The van der Waals surface area contributed by atoms with Crippen LogP contribution in [0.2, 0.25) is 0 Å². The summed E-state index contributed by atoms with van der Waals surface area (Å²) in [7, 11) is 0. The Morgan fingerprint density at radius 2 is 2.18 bits per heavy atom. The van der Waals surface area contributed by atoms with Gasteiger partial charge in [0.1, 0.15) is 4.60 Å². The van der Waals surface area contributed by atoms with Gasteiger partial charge in [0.15, 0.2) is 0 Å². The third-order valence-corrected chi connectivity index (χ3v) is 2.34. The Morgan fingerprint density at radius 1 is 1.55 bits per heavy atom. The average Bonchev–Trinajstić information content (AvgIpc) is 2.39. The molecule has 0 spiro atoms. The smallest absolute Gasteiger partial charge is 0.124 e. The highest BCUT2D eigenvalue weighted by molar-refractivity contribution is 9.10. The Labute approximate surface area is 75.8 Å². The van der Waals surface area contributed by atoms with E-state index in [1.807, 2.05) is 12.5 Å². The second kappa shape index (κ2) is 3.90. The maximum atomic E-state index is 4.11. The summed E-state index contributed by atoms with van der Waals surface area (Å²) < 4.78 is 3.08. The first-order valence-electron chi connectivity index (χ1n) is 3.96. The van der Waals surface area contributed by atoms with Gasteiger partial charge in [-0.3, -0.25) is 0 Å². The van der Waals surface area contributed by atoms with Crippen LogP contribution in [0.15, 0.2) is 17.1 Å². The van der Waals surface area contributed by atoms with E-state index in [1.165, 1.54) is 12.8 Å². The molecule has 1 aromatic heterocycles. The molecule has 0 aliphatic carbocycles. The molecule has 0 N–H and O–H groups in total. The normalized spacial score (nSPS) is 10.9. The van der Waals surface area contributed by atoms with Crippen LogP contribution in [-0.4, -0.2) is 9.55 Å². The van der Waals surface area contributed by atoms with Crippen LogP contribution in [0.5, 0.6) is 0 Å². The van der Waals surface area contributed by atoms with Crippen molar-refractivity contribution in [2.24, 2.45) is 0 Å². The predicted molar refractivity (Wildman–Crippen MR) is 49.5 cm³/mol. The first-order chi connectivity index (χ1) is 5.27. The van der Waals surface area contributed by atoms with Gasteiger partial charge in [0.25, 0.3) is 0 Å². The fourth-order valence-electron chi connectivity index (χ4n) is 1.22. The summed E-state index contributed by atoms with van der Waals surface area (Å²) in [5.74, 6) is 0. The standard InChI is InChI=1S/C8H13BrN2/c1-3-7(4-2)11-5-8(9)10-6-11/h5-7H,3-4H2,1-2H3. The molecule has 0 aliphatic rings. The molecule has 1 aromatic rings. The van der Waals surface area contributed by atoms with Crippen LogP contribution in [0.3, 0.4) is 0 Å². The Kier molecular flexibility index (Phi) is 3.12. The highest BCUT2D eigenvalue weighted by Crippen LogP contribution is 2.17. The Balaban J connectivity index is 2.73. The number of nitrogens with zero attached hydrogens (tertiary/aromatic N) is 2. The van der Waals surface area contributed by atoms with E-state index in [-0.39, 0.29) is 0 Å². The Morgan fingerprint density at radius 3 is 2.55 bits per heavy atom. The van der Waals surface area contributed by atoms with Gasteiger partial charge in [0.05, 0.1) is 6.33 Å². The molecule has 1 rings (SSSR count). The summed E-state index contributed by atoms with van der Waals surface area (Å²) in [5.41, 5.74) is 0. The second-order valence-corrected chi connectivity index (χ2v) is 3.43. The van der Waals surface area contributed by atoms with Crippen molar-refractivity contribution < 1.29 is 0 Å². The molecule has 0 radical (unpaired) electrons. The molecular weight excluding hydrogens is 204 g/mol. The van der Waals surface area contributed by atoms with Gasteiger partial charge in [-0.15, -0.1) is 0 Å². The summed E-state index contributed by atoms with van der Waals surface area (Å²) in [6, 6.07) is 0.605. The van der Waals surface area contributed by atoms with Gasteiger partial charge >= 0.3 is 0 Å². The lowest BCUT2D eigenvalue weighted by molar-refractivity contribution is 0.471. The monoisotopic (exact) mass is 216 g/mol. The van der Waals surface area contributed by atoms with Gasteiger partial charge in [-0.05, 0) is 28.8 Å². The quantitative estimate of drug-likeness (QED) is 0.760. The molecule has 0 saturated heterocycles. The van der Waals surface area contributed by atoms with Crippen LogP contribution < -0.4 is 0 Å². The zero-order valence-corrected chi connectivity index (χ0v) is 8.50. The molecular formula is C8H13BrN2. The lowest BCUT2D eigenvalue weighted by Gasteiger charge is -2.12. The minimum Gasteiger partial charge on any atom is -0.333 e. The average molecular weight is 217 g/mol. The van der Waals surface area contributed by atoms with Gasteiger partial charge in [-0.25, -0.2) is 4.98 Å². The van der Waals surface area contributed by atoms with Crippen LogP contribution in [0.4, 0.5) is 0 Å². The van der Waals surface area contributed by atoms with Crippen LogP contribution in [0.25, 0.3) is 0 Å². The van der Waals surface area contributed by atoms with E-state index in [0.29, 0.717) is 6.04 Å². The molecule has 2 nitrogen and oxygen atoms in total. The van der Waals surface area contributed by atoms with Gasteiger partial charge < -0.3 is 4.57 Å². The minimum atomic E-state index is 0.605. The summed E-state index contributed by atoms with van der Waals surface area (Å²) in [5, 5.41) is 0. The molecule has 62 valence electrons. The van der Waals surface area contributed by atoms with E-state index >= 15 is 0 Å².